The number of esters is 2. The fraction of sp³-hybridized carbons (Fsp3) is 0.607. The summed E-state index contributed by atoms with van der Waals surface area (Å²) in [6.07, 6.45) is -6.46. The van der Waals surface area contributed by atoms with E-state index in [4.69, 9.17) is 19.6 Å². The molecule has 7 rings (SSSR count). The molecule has 5 aliphatic heterocycles. The molecule has 1 unspecified atom stereocenters. The van der Waals surface area contributed by atoms with Crippen molar-refractivity contribution in [1.82, 2.24) is 55.7 Å². The molecule has 6 aliphatic rings. The minimum Gasteiger partial charge on any atom is -0.459 e. The number of cyclic esters (lactones) is 1. The number of aromatic nitrogens is 1. The molecule has 31 heteroatoms. The molecule has 4 fully saturated rings. The number of carbonyl (C=O) groups excluding carboxylic acids is 12. The topological polar surface area (TPSA) is 421 Å². The average Bonchev–Trinajstić information content (AvgIpc) is 0.934. The van der Waals surface area contributed by atoms with Gasteiger partial charge in [0.05, 0.1) is 36.5 Å². The number of nitrogen functional groups attached to an aromatic ring is 1. The Balaban J connectivity index is 1.26. The lowest BCUT2D eigenvalue weighted by Gasteiger charge is -2.37. The molecule has 0 aromatic heterocycles. The van der Waals surface area contributed by atoms with E-state index in [0.29, 0.717) is 5.56 Å². The molecule has 0 saturated carbocycles. The minimum absolute atomic E-state index is 0.0278. The van der Waals surface area contributed by atoms with Gasteiger partial charge in [0.25, 0.3) is 5.91 Å². The average molecular weight is 1290 g/mol. The highest BCUT2D eigenvalue weighted by Crippen LogP contribution is 2.36. The first kappa shape index (κ1) is 70.6. The van der Waals surface area contributed by atoms with E-state index < -0.39 is 210 Å². The number of benzene rings is 2. The number of aliphatic hydroxyl groups excluding tert-OH is 3. The van der Waals surface area contributed by atoms with Crippen LogP contribution in [0.25, 0.3) is 22.6 Å². The normalized spacial score (nSPS) is 27.7. The highest BCUT2D eigenvalue weighted by Gasteiger charge is 2.51. The van der Waals surface area contributed by atoms with E-state index in [2.05, 4.69) is 26.3 Å². The maximum Gasteiger partial charge on any atom is 0.342 e. The van der Waals surface area contributed by atoms with Crippen molar-refractivity contribution in [3.63, 3.8) is 0 Å². The molecule has 4 saturated heterocycles. The van der Waals surface area contributed by atoms with Gasteiger partial charge in [-0.05, 0) is 70.4 Å². The number of fused-ring (bicyclic) bond motifs is 4. The quantitative estimate of drug-likeness (QED) is 0.0618. The van der Waals surface area contributed by atoms with Crippen molar-refractivity contribution in [2.45, 2.75) is 168 Å². The first-order valence-electron chi connectivity index (χ1n) is 30.4. The molecular weight excluding hydrogens is 1200 g/mol. The van der Waals surface area contributed by atoms with E-state index in [9.17, 15) is 77.6 Å². The summed E-state index contributed by atoms with van der Waals surface area (Å²) in [5, 5.41) is 43.9. The van der Waals surface area contributed by atoms with Crippen LogP contribution < -0.4 is 32.4 Å². The van der Waals surface area contributed by atoms with Crippen LogP contribution in [0.1, 0.15) is 107 Å². The summed E-state index contributed by atoms with van der Waals surface area (Å²) in [4.78, 5) is 196. The van der Waals surface area contributed by atoms with Crippen molar-refractivity contribution in [3.8, 4) is 11.5 Å². The van der Waals surface area contributed by atoms with Crippen molar-refractivity contribution in [2.24, 2.45) is 17.8 Å². The van der Waals surface area contributed by atoms with Crippen LogP contribution in [0.15, 0.2) is 21.3 Å². The van der Waals surface area contributed by atoms with Crippen LogP contribution in [-0.4, -0.2) is 254 Å². The highest BCUT2D eigenvalue weighted by atomic mass is 16.6. The number of aliphatic hydroxyl groups is 3. The Kier molecular flexibility index (Phi) is 21.4. The molecule has 92 heavy (non-hydrogen) atoms. The Morgan fingerprint density at radius 2 is 1.33 bits per heavy atom. The number of carbonyl (C=O) groups is 12. The summed E-state index contributed by atoms with van der Waals surface area (Å²) >= 11 is 0. The van der Waals surface area contributed by atoms with Crippen molar-refractivity contribution in [3.05, 3.63) is 44.6 Å². The van der Waals surface area contributed by atoms with Gasteiger partial charge in [-0.2, -0.15) is 0 Å². The number of nitrogens with one attached hydrogen (secondary N) is 4. The number of aryl methyl sites for hydroxylation is 1. The molecule has 502 valence electrons. The summed E-state index contributed by atoms with van der Waals surface area (Å²) in [6.45, 7) is 14.1. The van der Waals surface area contributed by atoms with Crippen LogP contribution in [0.5, 0.6) is 0 Å². The molecular formula is C61H84N12O19. The first-order chi connectivity index (χ1) is 42.9. The maximum absolute atomic E-state index is 15.0. The third-order valence-electron chi connectivity index (χ3n) is 17.6. The minimum atomic E-state index is -2.17. The molecule has 0 bridgehead atoms. The van der Waals surface area contributed by atoms with Gasteiger partial charge in [-0.15, -0.1) is 0 Å². The second-order valence-electron chi connectivity index (χ2n) is 25.4. The third kappa shape index (κ3) is 14.0. The lowest BCUT2D eigenvalue weighted by molar-refractivity contribution is -0.163. The third-order valence-corrected chi connectivity index (χ3v) is 17.6. The monoisotopic (exact) mass is 1290 g/mol. The van der Waals surface area contributed by atoms with Gasteiger partial charge in [0.2, 0.25) is 58.6 Å². The first-order valence-corrected chi connectivity index (χ1v) is 30.4. The lowest BCUT2D eigenvalue weighted by Crippen LogP contribution is -2.62. The molecule has 0 radical (unpaired) electrons. The van der Waals surface area contributed by atoms with Gasteiger partial charge in [0, 0.05) is 52.8 Å². The predicted molar refractivity (Wildman–Crippen MR) is 325 cm³/mol. The number of rotatable bonds is 9. The number of nitrogens with two attached hydrogens (primary N) is 1. The Bertz CT molecular complexity index is 3500. The van der Waals surface area contributed by atoms with Gasteiger partial charge in [0.1, 0.15) is 83.9 Å². The van der Waals surface area contributed by atoms with Crippen LogP contribution in [0.3, 0.4) is 0 Å². The van der Waals surface area contributed by atoms with Crippen LogP contribution in [0.4, 0.5) is 5.69 Å². The molecule has 0 spiro atoms. The van der Waals surface area contributed by atoms with Gasteiger partial charge < -0.3 is 85.6 Å². The van der Waals surface area contributed by atoms with Crippen molar-refractivity contribution in [2.75, 3.05) is 60.2 Å². The zero-order valence-electron chi connectivity index (χ0n) is 54.2. The van der Waals surface area contributed by atoms with Crippen molar-refractivity contribution >= 4 is 87.8 Å². The van der Waals surface area contributed by atoms with E-state index in [1.165, 1.54) is 61.1 Å². The smallest absolute Gasteiger partial charge is 0.342 e. The predicted octanol–water partition coefficient (Wildman–Crippen LogP) is -2.61. The molecule has 5 heterocycles. The van der Waals surface area contributed by atoms with Gasteiger partial charge in [-0.3, -0.25) is 52.7 Å². The Morgan fingerprint density at radius 1 is 0.750 bits per heavy atom. The standard InChI is InChI=1S/C61H84N12O19/c1-24(2)41-57(85)72-20-32(74)19-34(72)56(84)68(12)21-37(77)70(14)30(10)52(80)67-45(55(83)64-41)36(76)23-90-60(88)39-40(62)49(79)29(9)51-46(39)63-44-33(17-16-27(7)50(44)92-51)53(81)66-43-31(11)91-61(89)47(26(5)6)71(15)38(78)22-69(13)59(87)48-35(75)18-28(8)73(48)58(86)42(25(3)4)65-54(43)82/h16-17,24-26,28,30-32,34-36,41-43,45,47-48,74-76H,18-23,62H2,1-15H3,(H,64,83)(H,65,82)(H,66,81)(H,67,80)/t28-,30-,31+,32?,34-,35-,36-,41+,42+,43-,45-,47-,48-/m0/s1. The fourth-order valence-electron chi connectivity index (χ4n) is 12.0. The van der Waals surface area contributed by atoms with E-state index in [0.717, 1.165) is 29.4 Å². The second kappa shape index (κ2) is 27.9. The molecule has 1 aromatic rings. The van der Waals surface area contributed by atoms with Gasteiger partial charge in [-0.1, -0.05) is 47.6 Å². The Hall–Kier alpha value is -8.84. The Morgan fingerprint density at radius 3 is 1.93 bits per heavy atom. The van der Waals surface area contributed by atoms with E-state index in [-0.39, 0.29) is 47.4 Å². The zero-order valence-corrected chi connectivity index (χ0v) is 54.2. The molecule has 13 atom stereocenters. The van der Waals surface area contributed by atoms with Gasteiger partial charge in [0.15, 0.2) is 11.3 Å². The van der Waals surface area contributed by atoms with Crippen molar-refractivity contribution < 1.29 is 86.7 Å². The largest absolute Gasteiger partial charge is 0.459 e. The second-order valence-corrected chi connectivity index (χ2v) is 25.4. The van der Waals surface area contributed by atoms with Crippen LogP contribution in [0, 0.1) is 31.6 Å². The van der Waals surface area contributed by atoms with E-state index in [1.54, 1.807) is 55.4 Å². The number of hydrogen-bond donors (Lipinski definition) is 8. The SMILES string of the molecule is Cc1c2oc3c(C)ccc(C(=O)N[C@@H]4C(=O)N[C@H](C(C)C)C(=O)N5[C@H](C(=O)N(C)CC(=O)N(C)[C@@H](C(C)C)C(=O)O[C@@H]4C)[C@@H](O)C[C@@H]5C)c3nc-2c(C(=O)OC[C@H](O)[C@@H]2NC(=O)[C@H](C)N(C)C(=O)CN(C)C(=O)[C@@H]3CC(O)CN3C(=O)[C@@H](C(C)C)NC2=O)c(N)c1=O. The summed E-state index contributed by atoms with van der Waals surface area (Å²) in [5.41, 5.74) is 2.89. The summed E-state index contributed by atoms with van der Waals surface area (Å²) in [6, 6.07) is -10.1. The van der Waals surface area contributed by atoms with Crippen molar-refractivity contribution in [1.29, 1.82) is 0 Å². The fourth-order valence-corrected chi connectivity index (χ4v) is 12.0. The summed E-state index contributed by atoms with van der Waals surface area (Å²) < 4.78 is 17.8. The number of nitrogens with zero attached hydrogens (tertiary/aromatic N) is 7. The van der Waals surface area contributed by atoms with E-state index >= 15 is 0 Å². The van der Waals surface area contributed by atoms with Gasteiger partial charge >= 0.3 is 11.9 Å². The highest BCUT2D eigenvalue weighted by molar-refractivity contribution is 6.09. The lowest BCUT2D eigenvalue weighted by atomic mass is 9.99. The van der Waals surface area contributed by atoms with Crippen LogP contribution in [-0.2, 0) is 57.4 Å². The molecule has 10 amide bonds. The zero-order chi connectivity index (χ0) is 68.7. The Labute approximate surface area is 530 Å². The number of amides is 10. The molecule has 1 aromatic carbocycles. The number of ether oxygens (including phenoxy) is 2. The maximum atomic E-state index is 15.0. The number of anilines is 1. The number of likely N-dealkylation sites (N-methyl/N-ethyl adjacent to an activating group) is 4. The molecule has 31 nitrogen and oxygen atoms in total. The van der Waals surface area contributed by atoms with Crippen LogP contribution in [0.2, 0.25) is 0 Å². The van der Waals surface area contributed by atoms with E-state index in [1.807, 2.05) is 0 Å². The van der Waals surface area contributed by atoms with Gasteiger partial charge in [-0.25, -0.2) is 14.6 Å². The summed E-state index contributed by atoms with van der Waals surface area (Å²) in [7, 11) is 5.21. The van der Waals surface area contributed by atoms with Crippen LogP contribution >= 0.6 is 0 Å². The number of hydrogen-bond acceptors (Lipinski definition) is 21. The summed E-state index contributed by atoms with van der Waals surface area (Å²) in [5.74, 6) is -13.6. The molecule has 9 N–H and O–H groups in total. The molecule has 1 aliphatic carbocycles.